The minimum Gasteiger partial charge on any atom is -0.354 e. The predicted molar refractivity (Wildman–Crippen MR) is 80.5 cm³/mol. The van der Waals surface area contributed by atoms with Crippen LogP contribution in [0.25, 0.3) is 22.2 Å². The number of halogens is 1. The van der Waals surface area contributed by atoms with Crippen molar-refractivity contribution in [1.29, 1.82) is 0 Å². The van der Waals surface area contributed by atoms with Crippen molar-refractivity contribution in [2.75, 3.05) is 6.26 Å². The molecule has 18 heavy (non-hydrogen) atoms. The van der Waals surface area contributed by atoms with E-state index in [1.807, 2.05) is 24.3 Å². The molecule has 2 aromatic carbocycles. The number of hydrogen-bond donors (Lipinski definition) is 1. The highest BCUT2D eigenvalue weighted by molar-refractivity contribution is 7.99. The van der Waals surface area contributed by atoms with Crippen LogP contribution in [0.1, 0.15) is 0 Å². The molecule has 0 radical (unpaired) electrons. The first-order chi connectivity index (χ1) is 8.79. The van der Waals surface area contributed by atoms with Gasteiger partial charge in [-0.25, -0.2) is 0 Å². The molecule has 1 nitrogen and oxygen atoms in total. The average molecular weight is 274 g/mol. The Morgan fingerprint density at radius 2 is 1.72 bits per heavy atom. The maximum absolute atomic E-state index is 5.94. The van der Waals surface area contributed by atoms with Crippen LogP contribution in [0.5, 0.6) is 0 Å². The van der Waals surface area contributed by atoms with Crippen LogP contribution in [0, 0.1) is 0 Å². The number of hydrogen-bond acceptors (Lipinski definition) is 1. The summed E-state index contributed by atoms with van der Waals surface area (Å²) in [4.78, 5) is 4.77. The molecule has 1 aromatic heterocycles. The highest BCUT2D eigenvalue weighted by Gasteiger charge is 2.11. The standard InChI is InChI=1S/C15H12ClNS/c1-18-15-12-4-2-3-5-13(12)17-14(15)10-6-8-11(16)9-7-10/h2-9,17H,1H3. The van der Waals surface area contributed by atoms with Gasteiger partial charge >= 0.3 is 0 Å². The fraction of sp³-hybridized carbons (Fsp3) is 0.0667. The second kappa shape index (κ2) is 4.71. The molecule has 0 amide bonds. The third-order valence-corrected chi connectivity index (χ3v) is 4.08. The summed E-state index contributed by atoms with van der Waals surface area (Å²) in [6.07, 6.45) is 2.11. The predicted octanol–water partition coefficient (Wildman–Crippen LogP) is 5.21. The molecule has 1 heterocycles. The number of rotatable bonds is 2. The lowest BCUT2D eigenvalue weighted by Crippen LogP contribution is -1.79. The van der Waals surface area contributed by atoms with Crippen LogP contribution in [0.2, 0.25) is 5.02 Å². The zero-order valence-corrected chi connectivity index (χ0v) is 11.5. The Labute approximate surface area is 115 Å². The van der Waals surface area contributed by atoms with Crippen molar-refractivity contribution in [3.05, 3.63) is 53.6 Å². The maximum atomic E-state index is 5.94. The molecule has 3 heteroatoms. The van der Waals surface area contributed by atoms with Gasteiger partial charge in [0.2, 0.25) is 0 Å². The Morgan fingerprint density at radius 1 is 1.00 bits per heavy atom. The van der Waals surface area contributed by atoms with Gasteiger partial charge in [-0.2, -0.15) is 0 Å². The zero-order valence-electron chi connectivity index (χ0n) is 9.91. The van der Waals surface area contributed by atoms with Gasteiger partial charge in [0.25, 0.3) is 0 Å². The molecule has 0 aliphatic rings. The van der Waals surface area contributed by atoms with Gasteiger partial charge in [0, 0.05) is 20.8 Å². The first kappa shape index (κ1) is 11.7. The minimum atomic E-state index is 0.764. The smallest absolute Gasteiger partial charge is 0.0602 e. The Kier molecular flexibility index (Phi) is 3.06. The van der Waals surface area contributed by atoms with E-state index in [4.69, 9.17) is 11.6 Å². The summed E-state index contributed by atoms with van der Waals surface area (Å²) in [5, 5.41) is 2.04. The lowest BCUT2D eigenvalue weighted by atomic mass is 10.1. The zero-order chi connectivity index (χ0) is 12.5. The number of benzene rings is 2. The van der Waals surface area contributed by atoms with E-state index < -0.39 is 0 Å². The molecule has 0 fully saturated rings. The number of aromatic nitrogens is 1. The molecule has 0 unspecified atom stereocenters. The van der Waals surface area contributed by atoms with E-state index in [0.717, 1.165) is 5.02 Å². The summed E-state index contributed by atoms with van der Waals surface area (Å²) in [5.74, 6) is 0. The Morgan fingerprint density at radius 3 is 2.44 bits per heavy atom. The van der Waals surface area contributed by atoms with Gasteiger partial charge in [-0.05, 0) is 30.0 Å². The van der Waals surface area contributed by atoms with Gasteiger partial charge in [-0.1, -0.05) is 41.9 Å². The number of fused-ring (bicyclic) bond motifs is 1. The topological polar surface area (TPSA) is 15.8 Å². The van der Waals surface area contributed by atoms with Crippen molar-refractivity contribution in [2.24, 2.45) is 0 Å². The van der Waals surface area contributed by atoms with E-state index in [2.05, 4.69) is 35.5 Å². The Bertz CT molecular complexity index is 685. The highest BCUT2D eigenvalue weighted by Crippen LogP contribution is 2.36. The molecule has 0 bridgehead atoms. The van der Waals surface area contributed by atoms with Crippen LogP contribution in [-0.2, 0) is 0 Å². The molecule has 0 saturated heterocycles. The summed E-state index contributed by atoms with van der Waals surface area (Å²) >= 11 is 7.70. The lowest BCUT2D eigenvalue weighted by molar-refractivity contribution is 1.40. The van der Waals surface area contributed by atoms with E-state index in [0.29, 0.717) is 0 Å². The summed E-state index contributed by atoms with van der Waals surface area (Å²) in [7, 11) is 0. The SMILES string of the molecule is CSc1c(-c2ccc(Cl)cc2)[nH]c2ccccc12. The molecular weight excluding hydrogens is 262 g/mol. The molecule has 0 saturated carbocycles. The quantitative estimate of drug-likeness (QED) is 0.634. The monoisotopic (exact) mass is 273 g/mol. The van der Waals surface area contributed by atoms with Crippen molar-refractivity contribution in [2.45, 2.75) is 4.90 Å². The second-order valence-electron chi connectivity index (χ2n) is 4.09. The maximum Gasteiger partial charge on any atom is 0.0602 e. The fourth-order valence-electron chi connectivity index (χ4n) is 2.15. The van der Waals surface area contributed by atoms with Gasteiger partial charge in [-0.3, -0.25) is 0 Å². The van der Waals surface area contributed by atoms with Crippen LogP contribution in [0.4, 0.5) is 0 Å². The summed E-state index contributed by atoms with van der Waals surface area (Å²) < 4.78 is 0. The molecule has 3 aromatic rings. The molecule has 3 rings (SSSR count). The van der Waals surface area contributed by atoms with E-state index in [9.17, 15) is 0 Å². The van der Waals surface area contributed by atoms with Crippen molar-refractivity contribution < 1.29 is 0 Å². The first-order valence-electron chi connectivity index (χ1n) is 5.70. The van der Waals surface area contributed by atoms with E-state index in [-0.39, 0.29) is 0 Å². The number of H-pyrrole nitrogens is 1. The summed E-state index contributed by atoms with van der Waals surface area (Å²) in [6, 6.07) is 16.3. The Hall–Kier alpha value is -1.38. The number of aromatic amines is 1. The van der Waals surface area contributed by atoms with E-state index >= 15 is 0 Å². The van der Waals surface area contributed by atoms with Crippen LogP contribution < -0.4 is 0 Å². The molecule has 0 aliphatic carbocycles. The normalized spacial score (nSPS) is 11.0. The van der Waals surface area contributed by atoms with Gasteiger partial charge in [0.15, 0.2) is 0 Å². The number of thioether (sulfide) groups is 1. The number of nitrogens with one attached hydrogen (secondary N) is 1. The summed E-state index contributed by atoms with van der Waals surface area (Å²) in [5.41, 5.74) is 3.51. The molecule has 0 atom stereocenters. The number of para-hydroxylation sites is 1. The van der Waals surface area contributed by atoms with Gasteiger partial charge in [-0.15, -0.1) is 11.8 Å². The molecule has 0 aliphatic heterocycles. The fourth-order valence-corrected chi connectivity index (χ4v) is 3.04. The largest absolute Gasteiger partial charge is 0.354 e. The Balaban J connectivity index is 2.25. The second-order valence-corrected chi connectivity index (χ2v) is 5.34. The van der Waals surface area contributed by atoms with Gasteiger partial charge in [0.05, 0.1) is 5.69 Å². The van der Waals surface area contributed by atoms with Crippen molar-refractivity contribution in [3.63, 3.8) is 0 Å². The molecular formula is C15H12ClNS. The van der Waals surface area contributed by atoms with Crippen molar-refractivity contribution >= 4 is 34.3 Å². The van der Waals surface area contributed by atoms with Gasteiger partial charge < -0.3 is 4.98 Å². The summed E-state index contributed by atoms with van der Waals surface area (Å²) in [6.45, 7) is 0. The van der Waals surface area contributed by atoms with Crippen molar-refractivity contribution in [1.82, 2.24) is 4.98 Å². The van der Waals surface area contributed by atoms with E-state index in [1.165, 1.54) is 27.1 Å². The lowest BCUT2D eigenvalue weighted by Gasteiger charge is -2.02. The van der Waals surface area contributed by atoms with Gasteiger partial charge in [0.1, 0.15) is 0 Å². The average Bonchev–Trinajstić information content (AvgIpc) is 2.78. The third kappa shape index (κ3) is 1.92. The molecule has 90 valence electrons. The minimum absolute atomic E-state index is 0.764. The first-order valence-corrected chi connectivity index (χ1v) is 7.30. The van der Waals surface area contributed by atoms with Crippen molar-refractivity contribution in [3.8, 4) is 11.3 Å². The molecule has 0 spiro atoms. The van der Waals surface area contributed by atoms with Crippen LogP contribution in [0.15, 0.2) is 53.4 Å². The highest BCUT2D eigenvalue weighted by atomic mass is 35.5. The molecule has 1 N–H and O–H groups in total. The van der Waals surface area contributed by atoms with Crippen LogP contribution in [0.3, 0.4) is 0 Å². The van der Waals surface area contributed by atoms with Crippen LogP contribution >= 0.6 is 23.4 Å². The van der Waals surface area contributed by atoms with Crippen LogP contribution in [-0.4, -0.2) is 11.2 Å². The van der Waals surface area contributed by atoms with E-state index in [1.54, 1.807) is 11.8 Å². The third-order valence-electron chi connectivity index (χ3n) is 3.00.